The van der Waals surface area contributed by atoms with Gasteiger partial charge in [0, 0.05) is 39.1 Å². The highest BCUT2D eigenvalue weighted by Gasteiger charge is 2.34. The maximum absolute atomic E-state index is 14.0. The molecule has 0 radical (unpaired) electrons. The zero-order valence-corrected chi connectivity index (χ0v) is 25.7. The molecule has 1 unspecified atom stereocenters. The second kappa shape index (κ2) is 13.7. The third-order valence-corrected chi connectivity index (χ3v) is 8.26. The van der Waals surface area contributed by atoms with Crippen LogP contribution in [0.15, 0.2) is 77.3 Å². The highest BCUT2D eigenvalue weighted by atomic mass is 79.9. The Morgan fingerprint density at radius 1 is 0.923 bits per heavy atom. The van der Waals surface area contributed by atoms with Crippen LogP contribution in [-0.4, -0.2) is 50.0 Å². The van der Waals surface area contributed by atoms with Crippen molar-refractivity contribution in [3.8, 4) is 0 Å². The molecule has 3 rings (SSSR count). The van der Waals surface area contributed by atoms with Crippen LogP contribution >= 0.6 is 39.1 Å². The molecule has 39 heavy (non-hydrogen) atoms. The molecule has 0 saturated carbocycles. The maximum Gasteiger partial charge on any atom is 0.244 e. The average Bonchev–Trinajstić information content (AvgIpc) is 2.86. The van der Waals surface area contributed by atoms with Gasteiger partial charge in [0.25, 0.3) is 0 Å². The van der Waals surface area contributed by atoms with Gasteiger partial charge in [0.05, 0.1) is 11.9 Å². The van der Waals surface area contributed by atoms with E-state index in [4.69, 9.17) is 23.2 Å². The molecule has 0 saturated heterocycles. The van der Waals surface area contributed by atoms with E-state index in [1.807, 2.05) is 44.2 Å². The Morgan fingerprint density at radius 2 is 1.51 bits per heavy atom. The van der Waals surface area contributed by atoms with Crippen molar-refractivity contribution in [2.24, 2.45) is 0 Å². The first-order valence-corrected chi connectivity index (χ1v) is 15.6. The molecule has 0 aliphatic carbocycles. The van der Waals surface area contributed by atoms with Crippen molar-refractivity contribution in [1.29, 1.82) is 0 Å². The number of nitrogens with one attached hydrogen (secondary N) is 1. The number of halogens is 3. The standard InChI is InChI=1S/C28H30BrCl2N3O4S/c1-19(2)32-28(36)26(16-20-8-5-4-6-9-20)33(17-23-24(30)10-7-11-25(23)31)27(35)18-34(39(3,37)38)22-14-12-21(29)13-15-22/h4-15,19,26H,16-18H2,1-3H3,(H,32,36). The fraction of sp³-hybridized carbons (Fsp3) is 0.286. The quantitative estimate of drug-likeness (QED) is 0.288. The summed E-state index contributed by atoms with van der Waals surface area (Å²) in [5, 5.41) is 3.56. The van der Waals surface area contributed by atoms with Crippen LogP contribution in [0.1, 0.15) is 25.0 Å². The summed E-state index contributed by atoms with van der Waals surface area (Å²) in [5.41, 5.74) is 1.60. The minimum Gasteiger partial charge on any atom is -0.352 e. The zero-order chi connectivity index (χ0) is 28.7. The fourth-order valence-electron chi connectivity index (χ4n) is 4.01. The van der Waals surface area contributed by atoms with Crippen LogP contribution in [0, 0.1) is 0 Å². The molecular formula is C28H30BrCl2N3O4S. The van der Waals surface area contributed by atoms with E-state index in [1.165, 1.54) is 4.90 Å². The van der Waals surface area contributed by atoms with Crippen molar-refractivity contribution in [3.63, 3.8) is 0 Å². The predicted molar refractivity (Wildman–Crippen MR) is 161 cm³/mol. The zero-order valence-electron chi connectivity index (χ0n) is 21.8. The van der Waals surface area contributed by atoms with E-state index in [0.29, 0.717) is 21.3 Å². The average molecular weight is 655 g/mol. The molecule has 2 amide bonds. The maximum atomic E-state index is 14.0. The van der Waals surface area contributed by atoms with Gasteiger partial charge in [0.2, 0.25) is 21.8 Å². The number of hydrogen-bond donors (Lipinski definition) is 1. The van der Waals surface area contributed by atoms with Gasteiger partial charge in [-0.25, -0.2) is 8.42 Å². The largest absolute Gasteiger partial charge is 0.352 e. The molecule has 0 spiro atoms. The Hall–Kier alpha value is -2.59. The number of sulfonamides is 1. The van der Waals surface area contributed by atoms with Crippen LogP contribution in [0.5, 0.6) is 0 Å². The van der Waals surface area contributed by atoms with Crippen molar-refractivity contribution < 1.29 is 18.0 Å². The number of anilines is 1. The number of rotatable bonds is 11. The van der Waals surface area contributed by atoms with Gasteiger partial charge < -0.3 is 10.2 Å². The molecular weight excluding hydrogens is 625 g/mol. The second-order valence-corrected chi connectivity index (χ2v) is 13.0. The summed E-state index contributed by atoms with van der Waals surface area (Å²) in [6, 6.07) is 19.7. The lowest BCUT2D eigenvalue weighted by Gasteiger charge is -2.34. The van der Waals surface area contributed by atoms with Gasteiger partial charge in [-0.15, -0.1) is 0 Å². The molecule has 0 heterocycles. The van der Waals surface area contributed by atoms with E-state index in [-0.39, 0.29) is 24.9 Å². The van der Waals surface area contributed by atoms with Gasteiger partial charge in [0.1, 0.15) is 12.6 Å². The Morgan fingerprint density at radius 3 is 2.05 bits per heavy atom. The van der Waals surface area contributed by atoms with E-state index < -0.39 is 28.5 Å². The number of carbonyl (C=O) groups is 2. The summed E-state index contributed by atoms with van der Waals surface area (Å²) < 4.78 is 27.4. The Kier molecular flexibility index (Phi) is 10.8. The van der Waals surface area contributed by atoms with Gasteiger partial charge in [-0.3, -0.25) is 13.9 Å². The number of carbonyl (C=O) groups excluding carboxylic acids is 2. The first-order chi connectivity index (χ1) is 18.4. The van der Waals surface area contributed by atoms with E-state index >= 15 is 0 Å². The van der Waals surface area contributed by atoms with Gasteiger partial charge in [-0.2, -0.15) is 0 Å². The topological polar surface area (TPSA) is 86.8 Å². The van der Waals surface area contributed by atoms with E-state index in [0.717, 1.165) is 20.6 Å². The SMILES string of the molecule is CC(C)NC(=O)C(Cc1ccccc1)N(Cc1c(Cl)cccc1Cl)C(=O)CN(c1ccc(Br)cc1)S(C)(=O)=O. The number of benzene rings is 3. The molecule has 3 aromatic rings. The van der Waals surface area contributed by atoms with Crippen molar-refractivity contribution in [3.05, 3.63) is 98.4 Å². The van der Waals surface area contributed by atoms with Crippen LogP contribution < -0.4 is 9.62 Å². The summed E-state index contributed by atoms with van der Waals surface area (Å²) in [4.78, 5) is 28.9. The molecule has 1 atom stereocenters. The van der Waals surface area contributed by atoms with Crippen molar-refractivity contribution in [2.45, 2.75) is 38.9 Å². The Balaban J connectivity index is 2.09. The summed E-state index contributed by atoms with van der Waals surface area (Å²) in [7, 11) is -3.85. The highest BCUT2D eigenvalue weighted by Crippen LogP contribution is 2.28. The summed E-state index contributed by atoms with van der Waals surface area (Å²) in [6.45, 7) is 3.03. The molecule has 3 aromatic carbocycles. The number of hydrogen-bond acceptors (Lipinski definition) is 4. The molecule has 0 bridgehead atoms. The van der Waals surface area contributed by atoms with E-state index in [9.17, 15) is 18.0 Å². The van der Waals surface area contributed by atoms with Gasteiger partial charge in [-0.05, 0) is 55.8 Å². The van der Waals surface area contributed by atoms with Crippen LogP contribution in [0.3, 0.4) is 0 Å². The predicted octanol–water partition coefficient (Wildman–Crippen LogP) is 5.69. The van der Waals surface area contributed by atoms with Gasteiger partial charge in [-0.1, -0.05) is 75.5 Å². The lowest BCUT2D eigenvalue weighted by molar-refractivity contribution is -0.140. The van der Waals surface area contributed by atoms with Crippen LogP contribution in [0.25, 0.3) is 0 Å². The highest BCUT2D eigenvalue weighted by molar-refractivity contribution is 9.10. The molecule has 208 valence electrons. The number of amides is 2. The monoisotopic (exact) mass is 653 g/mol. The van der Waals surface area contributed by atoms with Crippen LogP contribution in [-0.2, 0) is 32.6 Å². The molecule has 0 aliphatic heterocycles. The van der Waals surface area contributed by atoms with E-state index in [2.05, 4.69) is 21.2 Å². The van der Waals surface area contributed by atoms with Crippen LogP contribution in [0.4, 0.5) is 5.69 Å². The van der Waals surface area contributed by atoms with Crippen molar-refractivity contribution >= 4 is 66.7 Å². The smallest absolute Gasteiger partial charge is 0.244 e. The summed E-state index contributed by atoms with van der Waals surface area (Å²) >= 11 is 16.3. The first kappa shape index (κ1) is 30.9. The minimum atomic E-state index is -3.85. The Bertz CT molecular complexity index is 1380. The normalized spacial score (nSPS) is 12.2. The van der Waals surface area contributed by atoms with Crippen LogP contribution in [0.2, 0.25) is 10.0 Å². The molecule has 0 fully saturated rings. The molecule has 0 aromatic heterocycles. The first-order valence-electron chi connectivity index (χ1n) is 12.2. The third kappa shape index (κ3) is 8.70. The molecule has 7 nitrogen and oxygen atoms in total. The molecule has 11 heteroatoms. The van der Waals surface area contributed by atoms with Crippen molar-refractivity contribution in [2.75, 3.05) is 17.1 Å². The van der Waals surface area contributed by atoms with Gasteiger partial charge in [0.15, 0.2) is 0 Å². The van der Waals surface area contributed by atoms with Gasteiger partial charge >= 0.3 is 0 Å². The second-order valence-electron chi connectivity index (χ2n) is 9.34. The summed E-state index contributed by atoms with van der Waals surface area (Å²) in [5.74, 6) is -0.959. The lowest BCUT2D eigenvalue weighted by Crippen LogP contribution is -2.54. The third-order valence-electron chi connectivity index (χ3n) is 5.89. The van der Waals surface area contributed by atoms with E-state index in [1.54, 1.807) is 42.5 Å². The fourth-order valence-corrected chi connectivity index (χ4v) is 5.64. The molecule has 1 N–H and O–H groups in total. The molecule has 0 aliphatic rings. The minimum absolute atomic E-state index is 0.0989. The van der Waals surface area contributed by atoms with Crippen molar-refractivity contribution in [1.82, 2.24) is 10.2 Å². The Labute approximate surface area is 248 Å². The number of nitrogens with zero attached hydrogens (tertiary/aromatic N) is 2. The lowest BCUT2D eigenvalue weighted by atomic mass is 10.0. The summed E-state index contributed by atoms with van der Waals surface area (Å²) in [6.07, 6.45) is 1.23.